The van der Waals surface area contributed by atoms with Crippen LogP contribution in [0.5, 0.6) is 0 Å². The molecule has 0 fully saturated rings. The number of hydrogen-bond acceptors (Lipinski definition) is 3. The lowest BCUT2D eigenvalue weighted by atomic mass is 9.33. The molecule has 0 amide bonds. The third-order valence-electron chi connectivity index (χ3n) is 19.1. The maximum atomic E-state index is 2.64. The van der Waals surface area contributed by atoms with Crippen LogP contribution >= 0.6 is 0 Å². The Balaban J connectivity index is 1.49. The number of fused-ring (bicyclic) bond motifs is 4. The molecular formula is C74H94BN3. The summed E-state index contributed by atoms with van der Waals surface area (Å²) in [5, 5.41) is 0. The summed E-state index contributed by atoms with van der Waals surface area (Å²) in [6.45, 7) is 51.8. The van der Waals surface area contributed by atoms with E-state index in [4.69, 9.17) is 0 Å². The fourth-order valence-corrected chi connectivity index (χ4v) is 12.2. The Morgan fingerprint density at radius 1 is 0.333 bits per heavy atom. The minimum absolute atomic E-state index is 0.00693. The highest BCUT2D eigenvalue weighted by Crippen LogP contribution is 2.51. The Labute approximate surface area is 474 Å². The van der Waals surface area contributed by atoms with Gasteiger partial charge in [-0.3, -0.25) is 0 Å². The van der Waals surface area contributed by atoms with Crippen molar-refractivity contribution >= 4 is 74.3 Å². The minimum Gasteiger partial charge on any atom is -0.311 e. The number of aryl methyl sites for hydroxylation is 4. The summed E-state index contributed by atoms with van der Waals surface area (Å²) >= 11 is 0. The Morgan fingerprint density at radius 3 is 0.897 bits per heavy atom. The van der Waals surface area contributed by atoms with E-state index in [0.717, 1.165) is 31.4 Å². The molecule has 0 bridgehead atoms. The average molecular weight is 1040 g/mol. The monoisotopic (exact) mass is 1040 g/mol. The van der Waals surface area contributed by atoms with Gasteiger partial charge in [0.2, 0.25) is 0 Å². The van der Waals surface area contributed by atoms with Gasteiger partial charge in [0.05, 0.1) is 5.69 Å². The molecule has 0 aliphatic carbocycles. The summed E-state index contributed by atoms with van der Waals surface area (Å²) in [4.78, 5) is 7.91. The van der Waals surface area contributed by atoms with Gasteiger partial charge >= 0.3 is 0 Å². The number of anilines is 9. The van der Waals surface area contributed by atoms with Crippen molar-refractivity contribution in [3.8, 4) is 0 Å². The Kier molecular flexibility index (Phi) is 14.5. The van der Waals surface area contributed by atoms with Gasteiger partial charge in [-0.25, -0.2) is 0 Å². The molecule has 9 rings (SSSR count). The Bertz CT molecular complexity index is 3100. The van der Waals surface area contributed by atoms with Crippen LogP contribution in [0.1, 0.15) is 206 Å². The standard InChI is InChI=1S/C74H94BN3/c1-23-73(21,24-2)51-27-31-57(32-28-51)77-64-37-49(7)47(5)35-62(64)75-63-36-48(6)50(8)38-65(63)78(58-33-29-52(30-34-58)74(22,25-3)26-4)67-46-61(45-66(77)68(67)75)76(59-41-53(69(9,10)11)39-54(42-59)70(12,13)14)60-43-55(71(15,16)17)40-56(44-60)72(18,19)20/h27-46H,23-26H2,1-22H3. The van der Waals surface area contributed by atoms with E-state index in [0.29, 0.717) is 0 Å². The molecule has 0 radical (unpaired) electrons. The second-order valence-corrected chi connectivity index (χ2v) is 28.5. The third-order valence-corrected chi connectivity index (χ3v) is 19.1. The van der Waals surface area contributed by atoms with Crippen molar-refractivity contribution in [2.75, 3.05) is 14.7 Å². The van der Waals surface area contributed by atoms with Crippen molar-refractivity contribution in [3.63, 3.8) is 0 Å². The molecule has 408 valence electrons. The highest BCUT2D eigenvalue weighted by atomic mass is 15.2. The quantitative estimate of drug-likeness (QED) is 0.120. The summed E-state index contributed by atoms with van der Waals surface area (Å²) in [6.07, 6.45) is 4.36. The zero-order valence-electron chi connectivity index (χ0n) is 52.3. The van der Waals surface area contributed by atoms with E-state index in [1.807, 2.05) is 0 Å². The lowest BCUT2D eigenvalue weighted by molar-refractivity contribution is 0.439. The molecule has 0 saturated carbocycles. The molecule has 4 heteroatoms. The fourth-order valence-electron chi connectivity index (χ4n) is 12.2. The van der Waals surface area contributed by atoms with E-state index in [1.165, 1.54) is 118 Å². The molecule has 0 unspecified atom stereocenters. The Morgan fingerprint density at radius 2 is 0.615 bits per heavy atom. The molecule has 0 spiro atoms. The molecule has 2 aliphatic heterocycles. The van der Waals surface area contributed by atoms with Crippen molar-refractivity contribution in [2.45, 2.75) is 210 Å². The molecule has 0 saturated heterocycles. The van der Waals surface area contributed by atoms with Gasteiger partial charge in [0.1, 0.15) is 0 Å². The van der Waals surface area contributed by atoms with Crippen LogP contribution in [0.3, 0.4) is 0 Å². The SMILES string of the molecule is CCC(C)(CC)c1ccc(N2c3cc(C)c(C)cc3B3c4cc(C)c(C)cc4N(c4ccc(C(C)(CC)CC)cc4)c4cc(N(c5cc(C(C)(C)C)cc(C(C)(C)C)c5)c5cc(C(C)(C)C)cc(C(C)(C)C)c5)cc2c43)cc1. The molecule has 7 aromatic carbocycles. The molecule has 2 heterocycles. The first-order valence-electron chi connectivity index (χ1n) is 29.7. The van der Waals surface area contributed by atoms with Crippen molar-refractivity contribution in [1.82, 2.24) is 0 Å². The second-order valence-electron chi connectivity index (χ2n) is 28.5. The lowest BCUT2D eigenvalue weighted by Gasteiger charge is -2.45. The van der Waals surface area contributed by atoms with Crippen LogP contribution in [0.2, 0.25) is 0 Å². The van der Waals surface area contributed by atoms with E-state index in [-0.39, 0.29) is 39.2 Å². The summed E-state index contributed by atoms with van der Waals surface area (Å²) in [6, 6.07) is 49.4. The molecule has 0 atom stereocenters. The number of hydrogen-bond donors (Lipinski definition) is 0. The first-order valence-corrected chi connectivity index (χ1v) is 29.7. The highest BCUT2D eigenvalue weighted by molar-refractivity contribution is 7.00. The zero-order valence-corrected chi connectivity index (χ0v) is 52.3. The van der Waals surface area contributed by atoms with E-state index < -0.39 is 0 Å². The summed E-state index contributed by atoms with van der Waals surface area (Å²) in [7, 11) is 0. The normalized spacial score (nSPS) is 13.9. The molecule has 78 heavy (non-hydrogen) atoms. The zero-order chi connectivity index (χ0) is 57.0. The lowest BCUT2D eigenvalue weighted by Crippen LogP contribution is -2.61. The van der Waals surface area contributed by atoms with Gasteiger partial charge in [0.25, 0.3) is 6.71 Å². The van der Waals surface area contributed by atoms with Crippen LogP contribution in [0, 0.1) is 27.7 Å². The third kappa shape index (κ3) is 10.1. The summed E-state index contributed by atoms with van der Waals surface area (Å²) < 4.78 is 0. The average Bonchev–Trinajstić information content (AvgIpc) is 3.59. The van der Waals surface area contributed by atoms with Gasteiger partial charge in [-0.2, -0.15) is 0 Å². The van der Waals surface area contributed by atoms with E-state index in [2.05, 4.69) is 288 Å². The van der Waals surface area contributed by atoms with Crippen LogP contribution in [0.4, 0.5) is 51.2 Å². The van der Waals surface area contributed by atoms with Crippen molar-refractivity contribution in [2.24, 2.45) is 0 Å². The maximum Gasteiger partial charge on any atom is 0.252 e. The van der Waals surface area contributed by atoms with E-state index >= 15 is 0 Å². The number of nitrogens with zero attached hydrogens (tertiary/aromatic N) is 3. The molecule has 2 aliphatic rings. The van der Waals surface area contributed by atoms with Crippen LogP contribution < -0.4 is 31.1 Å². The highest BCUT2D eigenvalue weighted by Gasteiger charge is 2.45. The predicted octanol–water partition coefficient (Wildman–Crippen LogP) is 19.8. The molecule has 7 aromatic rings. The molecule has 0 aromatic heterocycles. The smallest absolute Gasteiger partial charge is 0.252 e. The summed E-state index contributed by atoms with van der Waals surface area (Å²) in [5.41, 5.74) is 28.0. The van der Waals surface area contributed by atoms with Gasteiger partial charge in [-0.15, -0.1) is 0 Å². The predicted molar refractivity (Wildman–Crippen MR) is 345 cm³/mol. The van der Waals surface area contributed by atoms with Crippen molar-refractivity contribution in [3.05, 3.63) is 177 Å². The van der Waals surface area contributed by atoms with Crippen molar-refractivity contribution < 1.29 is 0 Å². The maximum absolute atomic E-state index is 2.64. The molecule has 3 nitrogen and oxygen atoms in total. The minimum atomic E-state index is -0.0941. The van der Waals surface area contributed by atoms with Crippen LogP contribution in [-0.4, -0.2) is 6.71 Å². The van der Waals surface area contributed by atoms with Crippen LogP contribution in [0.25, 0.3) is 0 Å². The first kappa shape index (κ1) is 56.7. The molecular weight excluding hydrogens is 942 g/mol. The largest absolute Gasteiger partial charge is 0.311 e. The van der Waals surface area contributed by atoms with E-state index in [1.54, 1.807) is 0 Å². The number of benzene rings is 7. The van der Waals surface area contributed by atoms with Gasteiger partial charge in [-0.05, 0) is 231 Å². The second kappa shape index (κ2) is 20.0. The Hall–Kier alpha value is -6.00. The van der Waals surface area contributed by atoms with Gasteiger partial charge in [0, 0.05) is 45.5 Å². The van der Waals surface area contributed by atoms with Crippen LogP contribution in [-0.2, 0) is 32.5 Å². The fraction of sp³-hybridized carbons (Fsp3) is 0.432. The van der Waals surface area contributed by atoms with Gasteiger partial charge in [0.15, 0.2) is 0 Å². The van der Waals surface area contributed by atoms with Gasteiger partial charge in [-0.1, -0.05) is 173 Å². The van der Waals surface area contributed by atoms with Crippen LogP contribution in [0.15, 0.2) is 121 Å². The number of rotatable bonds is 11. The van der Waals surface area contributed by atoms with Gasteiger partial charge < -0.3 is 14.7 Å². The first-order chi connectivity index (χ1) is 36.3. The van der Waals surface area contributed by atoms with E-state index in [9.17, 15) is 0 Å². The van der Waals surface area contributed by atoms with Crippen molar-refractivity contribution in [1.29, 1.82) is 0 Å². The molecule has 0 N–H and O–H groups in total. The topological polar surface area (TPSA) is 9.72 Å². The summed E-state index contributed by atoms with van der Waals surface area (Å²) in [5.74, 6) is 0.